The largest absolute Gasteiger partial charge is 0.383 e. The van der Waals surface area contributed by atoms with Crippen molar-refractivity contribution in [3.8, 4) is 0 Å². The van der Waals surface area contributed by atoms with Crippen LogP contribution in [0.1, 0.15) is 46.1 Å². The van der Waals surface area contributed by atoms with Crippen LogP contribution in [0.4, 0.5) is 5.82 Å². The van der Waals surface area contributed by atoms with Gasteiger partial charge in [-0.25, -0.2) is 9.97 Å². The first-order valence-corrected chi connectivity index (χ1v) is 10.7. The van der Waals surface area contributed by atoms with Crippen LogP contribution in [0.2, 0.25) is 0 Å². The standard InChI is InChI=1S/C21H25N5O2S/c1-14-17-19(23-9-11-28-2)24-13-25-20(17)29-18(14)21(27)26-10-4-3-7-16(26)15-6-5-8-22-12-15/h5-6,8,12-13,16H,3-4,7,9-11H2,1-2H3,(H,23,24,25)/t16-/m0/s1. The third kappa shape index (κ3) is 3.95. The monoisotopic (exact) mass is 411 g/mol. The van der Waals surface area contributed by atoms with E-state index in [2.05, 4.69) is 26.3 Å². The first kappa shape index (κ1) is 19.7. The summed E-state index contributed by atoms with van der Waals surface area (Å²) in [4.78, 5) is 30.2. The van der Waals surface area contributed by atoms with Gasteiger partial charge in [-0.05, 0) is 43.4 Å². The number of methoxy groups -OCH3 is 1. The lowest BCUT2D eigenvalue weighted by atomic mass is 9.96. The van der Waals surface area contributed by atoms with Crippen molar-refractivity contribution in [1.82, 2.24) is 19.9 Å². The highest BCUT2D eigenvalue weighted by molar-refractivity contribution is 7.20. The maximum Gasteiger partial charge on any atom is 0.264 e. The lowest BCUT2D eigenvalue weighted by molar-refractivity contribution is 0.0615. The van der Waals surface area contributed by atoms with Gasteiger partial charge in [0.2, 0.25) is 0 Å². The van der Waals surface area contributed by atoms with E-state index in [1.807, 2.05) is 24.1 Å². The Hall–Kier alpha value is -2.58. The second-order valence-electron chi connectivity index (χ2n) is 7.17. The van der Waals surface area contributed by atoms with Gasteiger partial charge in [-0.15, -0.1) is 11.3 Å². The fourth-order valence-electron chi connectivity index (χ4n) is 3.91. The molecule has 0 radical (unpaired) electrons. The number of pyridine rings is 1. The van der Waals surface area contributed by atoms with Crippen molar-refractivity contribution in [2.75, 3.05) is 32.1 Å². The molecule has 1 saturated heterocycles. The van der Waals surface area contributed by atoms with E-state index >= 15 is 0 Å². The van der Waals surface area contributed by atoms with E-state index in [0.717, 1.165) is 57.8 Å². The quantitative estimate of drug-likeness (QED) is 0.621. The molecule has 8 heteroatoms. The van der Waals surface area contributed by atoms with Crippen molar-refractivity contribution >= 4 is 33.3 Å². The minimum absolute atomic E-state index is 0.0694. The molecule has 1 N–H and O–H groups in total. The third-order valence-corrected chi connectivity index (χ3v) is 6.54. The van der Waals surface area contributed by atoms with Crippen molar-refractivity contribution in [1.29, 1.82) is 0 Å². The van der Waals surface area contributed by atoms with Crippen LogP contribution in [0.5, 0.6) is 0 Å². The van der Waals surface area contributed by atoms with Crippen LogP contribution >= 0.6 is 11.3 Å². The molecule has 4 rings (SSSR count). The highest BCUT2D eigenvalue weighted by Gasteiger charge is 2.31. The van der Waals surface area contributed by atoms with Gasteiger partial charge in [0, 0.05) is 32.6 Å². The summed E-state index contributed by atoms with van der Waals surface area (Å²) in [6.07, 6.45) is 8.29. The number of hydrogen-bond donors (Lipinski definition) is 1. The molecule has 7 nitrogen and oxygen atoms in total. The maximum atomic E-state index is 13.6. The number of hydrogen-bond acceptors (Lipinski definition) is 7. The van der Waals surface area contributed by atoms with Gasteiger partial charge in [0.1, 0.15) is 17.0 Å². The van der Waals surface area contributed by atoms with Gasteiger partial charge in [0.15, 0.2) is 0 Å². The molecule has 1 amide bonds. The van der Waals surface area contributed by atoms with Crippen LogP contribution < -0.4 is 5.32 Å². The number of aromatic nitrogens is 3. The Kier molecular flexibility index (Phi) is 6.01. The topological polar surface area (TPSA) is 80.2 Å². The summed E-state index contributed by atoms with van der Waals surface area (Å²) in [6.45, 7) is 3.98. The Bertz CT molecular complexity index is 991. The minimum Gasteiger partial charge on any atom is -0.383 e. The molecule has 4 heterocycles. The summed E-state index contributed by atoms with van der Waals surface area (Å²) < 4.78 is 5.11. The summed E-state index contributed by atoms with van der Waals surface area (Å²) in [5.74, 6) is 0.823. The molecule has 152 valence electrons. The molecule has 3 aromatic rings. The van der Waals surface area contributed by atoms with Crippen LogP contribution in [0.3, 0.4) is 0 Å². The number of nitrogens with one attached hydrogen (secondary N) is 1. The Morgan fingerprint density at radius 1 is 1.38 bits per heavy atom. The molecule has 29 heavy (non-hydrogen) atoms. The number of carbonyl (C=O) groups is 1. The molecule has 0 saturated carbocycles. The van der Waals surface area contributed by atoms with E-state index in [1.54, 1.807) is 19.6 Å². The molecular formula is C21H25N5O2S. The van der Waals surface area contributed by atoms with E-state index in [9.17, 15) is 4.79 Å². The number of anilines is 1. The zero-order valence-corrected chi connectivity index (χ0v) is 17.5. The first-order chi connectivity index (χ1) is 14.2. The second kappa shape index (κ2) is 8.84. The molecule has 0 aliphatic carbocycles. The van der Waals surface area contributed by atoms with Crippen LogP contribution in [0, 0.1) is 6.92 Å². The predicted octanol–water partition coefficient (Wildman–Crippen LogP) is 3.82. The normalized spacial score (nSPS) is 16.9. The molecule has 1 aliphatic heterocycles. The number of likely N-dealkylation sites (tertiary alicyclic amines) is 1. The average Bonchev–Trinajstić information content (AvgIpc) is 3.11. The Labute approximate surface area is 174 Å². The number of rotatable bonds is 6. The molecular weight excluding hydrogens is 386 g/mol. The number of aryl methyl sites for hydroxylation is 1. The van der Waals surface area contributed by atoms with Gasteiger partial charge in [-0.3, -0.25) is 9.78 Å². The van der Waals surface area contributed by atoms with Gasteiger partial charge >= 0.3 is 0 Å². The lowest BCUT2D eigenvalue weighted by Crippen LogP contribution is -2.38. The number of carbonyl (C=O) groups excluding carboxylic acids is 1. The molecule has 0 aromatic carbocycles. The van der Waals surface area contributed by atoms with Gasteiger partial charge < -0.3 is 15.0 Å². The molecule has 0 bridgehead atoms. The van der Waals surface area contributed by atoms with Gasteiger partial charge in [-0.1, -0.05) is 6.07 Å². The number of fused-ring (bicyclic) bond motifs is 1. The Morgan fingerprint density at radius 2 is 2.28 bits per heavy atom. The number of amides is 1. The van der Waals surface area contributed by atoms with Crippen LogP contribution in [-0.4, -0.2) is 52.6 Å². The minimum atomic E-state index is 0.0694. The van der Waals surface area contributed by atoms with E-state index in [1.165, 1.54) is 11.3 Å². The molecule has 3 aromatic heterocycles. The van der Waals surface area contributed by atoms with Crippen LogP contribution in [0.15, 0.2) is 30.9 Å². The molecule has 1 aliphatic rings. The van der Waals surface area contributed by atoms with Gasteiger partial charge in [0.05, 0.1) is 22.9 Å². The Balaban J connectivity index is 1.67. The number of ether oxygens (including phenoxy) is 1. The molecule has 0 unspecified atom stereocenters. The van der Waals surface area contributed by atoms with Gasteiger partial charge in [-0.2, -0.15) is 0 Å². The fourth-order valence-corrected chi connectivity index (χ4v) is 5.01. The zero-order chi connectivity index (χ0) is 20.2. The SMILES string of the molecule is COCCNc1ncnc2sc(C(=O)N3CCCC[C@H]3c3cccnc3)c(C)c12. The summed E-state index contributed by atoms with van der Waals surface area (Å²) in [7, 11) is 1.67. The predicted molar refractivity (Wildman–Crippen MR) is 114 cm³/mol. The highest BCUT2D eigenvalue weighted by Crippen LogP contribution is 2.37. The zero-order valence-electron chi connectivity index (χ0n) is 16.7. The third-order valence-electron chi connectivity index (χ3n) is 5.35. The second-order valence-corrected chi connectivity index (χ2v) is 8.17. The number of piperidine rings is 1. The van der Waals surface area contributed by atoms with E-state index < -0.39 is 0 Å². The molecule has 1 fully saturated rings. The fraction of sp³-hybridized carbons (Fsp3) is 0.429. The molecule has 0 spiro atoms. The van der Waals surface area contributed by atoms with Crippen LogP contribution in [-0.2, 0) is 4.74 Å². The van der Waals surface area contributed by atoms with Crippen molar-refractivity contribution in [3.05, 3.63) is 46.9 Å². The van der Waals surface area contributed by atoms with E-state index in [4.69, 9.17) is 4.74 Å². The first-order valence-electron chi connectivity index (χ1n) is 9.88. The summed E-state index contributed by atoms with van der Waals surface area (Å²) in [6, 6.07) is 4.06. The molecule has 1 atom stereocenters. The Morgan fingerprint density at radius 3 is 3.07 bits per heavy atom. The van der Waals surface area contributed by atoms with Crippen molar-refractivity contribution in [2.24, 2.45) is 0 Å². The number of thiophene rings is 1. The number of nitrogens with zero attached hydrogens (tertiary/aromatic N) is 4. The van der Waals surface area contributed by atoms with Crippen molar-refractivity contribution < 1.29 is 9.53 Å². The summed E-state index contributed by atoms with van der Waals surface area (Å²) >= 11 is 1.45. The van der Waals surface area contributed by atoms with Crippen LogP contribution in [0.25, 0.3) is 10.2 Å². The van der Waals surface area contributed by atoms with E-state index in [0.29, 0.717) is 13.2 Å². The lowest BCUT2D eigenvalue weighted by Gasteiger charge is -2.35. The highest BCUT2D eigenvalue weighted by atomic mass is 32.1. The van der Waals surface area contributed by atoms with Gasteiger partial charge in [0.25, 0.3) is 5.91 Å². The van der Waals surface area contributed by atoms with Crippen molar-refractivity contribution in [2.45, 2.75) is 32.2 Å². The van der Waals surface area contributed by atoms with E-state index in [-0.39, 0.29) is 11.9 Å². The van der Waals surface area contributed by atoms with Crippen molar-refractivity contribution in [3.63, 3.8) is 0 Å². The smallest absolute Gasteiger partial charge is 0.264 e. The summed E-state index contributed by atoms with van der Waals surface area (Å²) in [5.41, 5.74) is 2.03. The summed E-state index contributed by atoms with van der Waals surface area (Å²) in [5, 5.41) is 4.22. The maximum absolute atomic E-state index is 13.6. The average molecular weight is 412 g/mol.